The van der Waals surface area contributed by atoms with E-state index in [1.54, 1.807) is 25.1 Å². The molecule has 4 nitrogen and oxygen atoms in total. The molecule has 100 valence electrons. The molecule has 18 heavy (non-hydrogen) atoms. The number of hydrogen-bond acceptors (Lipinski definition) is 3. The molecule has 0 aromatic heterocycles. The van der Waals surface area contributed by atoms with Crippen molar-refractivity contribution in [2.75, 3.05) is 0 Å². The topological polar surface area (TPSA) is 58.6 Å². The summed E-state index contributed by atoms with van der Waals surface area (Å²) in [6, 6.07) is 5.33. The Balaban J connectivity index is 2.69. The largest absolute Gasteiger partial charge is 0.481 e. The fourth-order valence-electron chi connectivity index (χ4n) is 1.41. The molecule has 0 aliphatic heterocycles. The predicted octanol–water partition coefficient (Wildman–Crippen LogP) is 2.23. The van der Waals surface area contributed by atoms with Crippen LogP contribution in [-0.2, 0) is 11.4 Å². The van der Waals surface area contributed by atoms with Crippen LogP contribution >= 0.6 is 15.9 Å². The number of hydrogen-bond donors (Lipinski definition) is 2. The van der Waals surface area contributed by atoms with E-state index >= 15 is 0 Å². The lowest BCUT2D eigenvalue weighted by Crippen LogP contribution is -2.40. The second kappa shape index (κ2) is 6.75. The highest BCUT2D eigenvalue weighted by molar-refractivity contribution is 9.10. The molecule has 0 saturated heterocycles. The highest BCUT2D eigenvalue weighted by atomic mass is 79.9. The average Bonchev–Trinajstić information content (AvgIpc) is 2.30. The molecule has 1 aromatic rings. The lowest BCUT2D eigenvalue weighted by atomic mass is 10.2. The summed E-state index contributed by atoms with van der Waals surface area (Å²) in [5.74, 6) is 0.409. The van der Waals surface area contributed by atoms with Gasteiger partial charge in [0.15, 0.2) is 6.10 Å². The van der Waals surface area contributed by atoms with Crippen molar-refractivity contribution in [3.05, 3.63) is 28.2 Å². The van der Waals surface area contributed by atoms with Gasteiger partial charge >= 0.3 is 0 Å². The van der Waals surface area contributed by atoms with Crippen LogP contribution in [0.3, 0.4) is 0 Å². The molecule has 1 aromatic carbocycles. The zero-order valence-corrected chi connectivity index (χ0v) is 12.3. The molecule has 2 N–H and O–H groups in total. The number of aliphatic hydroxyl groups is 1. The molecule has 0 heterocycles. The van der Waals surface area contributed by atoms with Gasteiger partial charge in [0.2, 0.25) is 0 Å². The monoisotopic (exact) mass is 315 g/mol. The number of nitrogens with one attached hydrogen (secondary N) is 1. The van der Waals surface area contributed by atoms with E-state index in [-0.39, 0.29) is 18.6 Å². The van der Waals surface area contributed by atoms with Gasteiger partial charge < -0.3 is 15.2 Å². The van der Waals surface area contributed by atoms with Crippen molar-refractivity contribution in [3.63, 3.8) is 0 Å². The van der Waals surface area contributed by atoms with E-state index in [9.17, 15) is 4.79 Å². The number of ether oxygens (including phenoxy) is 1. The zero-order chi connectivity index (χ0) is 13.7. The third kappa shape index (κ3) is 4.31. The van der Waals surface area contributed by atoms with Crippen molar-refractivity contribution in [1.29, 1.82) is 0 Å². The van der Waals surface area contributed by atoms with Crippen molar-refractivity contribution in [1.82, 2.24) is 5.32 Å². The number of carbonyl (C=O) groups is 1. The second-order valence-corrected chi connectivity index (χ2v) is 5.19. The van der Waals surface area contributed by atoms with E-state index in [0.717, 1.165) is 10.0 Å². The molecular weight excluding hydrogens is 298 g/mol. The Labute approximate surface area is 115 Å². The van der Waals surface area contributed by atoms with Gasteiger partial charge in [-0.1, -0.05) is 15.9 Å². The summed E-state index contributed by atoms with van der Waals surface area (Å²) in [6.07, 6.45) is -0.569. The van der Waals surface area contributed by atoms with Crippen molar-refractivity contribution < 1.29 is 14.6 Å². The van der Waals surface area contributed by atoms with Crippen LogP contribution in [0, 0.1) is 0 Å². The fraction of sp³-hybridized carbons (Fsp3) is 0.462. The molecule has 0 saturated carbocycles. The average molecular weight is 316 g/mol. The first-order chi connectivity index (χ1) is 8.43. The zero-order valence-electron chi connectivity index (χ0n) is 10.7. The highest BCUT2D eigenvalue weighted by Crippen LogP contribution is 2.23. The number of carbonyl (C=O) groups excluding carboxylic acids is 1. The van der Waals surface area contributed by atoms with Crippen LogP contribution in [0.4, 0.5) is 0 Å². The minimum absolute atomic E-state index is 0.0790. The predicted molar refractivity (Wildman–Crippen MR) is 73.4 cm³/mol. The van der Waals surface area contributed by atoms with Crippen molar-refractivity contribution in [2.45, 2.75) is 39.5 Å². The van der Waals surface area contributed by atoms with Gasteiger partial charge in [-0.3, -0.25) is 4.79 Å². The fourth-order valence-corrected chi connectivity index (χ4v) is 1.78. The van der Waals surface area contributed by atoms with Crippen LogP contribution in [0.25, 0.3) is 0 Å². The van der Waals surface area contributed by atoms with E-state index in [0.29, 0.717) is 5.75 Å². The molecule has 0 aliphatic rings. The van der Waals surface area contributed by atoms with Gasteiger partial charge in [-0.2, -0.15) is 0 Å². The van der Waals surface area contributed by atoms with E-state index in [1.807, 2.05) is 13.8 Å². The molecule has 1 atom stereocenters. The van der Waals surface area contributed by atoms with Gasteiger partial charge in [-0.05, 0) is 44.5 Å². The molecule has 1 amide bonds. The SMILES string of the molecule is CC(C)NC(=O)C(C)Oc1ccc(Br)c(CO)c1. The molecule has 1 rings (SSSR count). The van der Waals surface area contributed by atoms with E-state index < -0.39 is 6.10 Å². The van der Waals surface area contributed by atoms with Gasteiger partial charge in [0.25, 0.3) is 5.91 Å². The Morgan fingerprint density at radius 3 is 2.67 bits per heavy atom. The Morgan fingerprint density at radius 2 is 2.11 bits per heavy atom. The maximum absolute atomic E-state index is 11.7. The first kappa shape index (κ1) is 15.0. The molecule has 0 spiro atoms. The highest BCUT2D eigenvalue weighted by Gasteiger charge is 2.15. The van der Waals surface area contributed by atoms with E-state index in [1.165, 1.54) is 0 Å². The Morgan fingerprint density at radius 1 is 1.44 bits per heavy atom. The first-order valence-electron chi connectivity index (χ1n) is 5.80. The van der Waals surface area contributed by atoms with Gasteiger partial charge in [0.1, 0.15) is 5.75 Å². The maximum Gasteiger partial charge on any atom is 0.260 e. The van der Waals surface area contributed by atoms with E-state index in [2.05, 4.69) is 21.2 Å². The quantitative estimate of drug-likeness (QED) is 0.876. The lowest BCUT2D eigenvalue weighted by Gasteiger charge is -2.17. The Kier molecular flexibility index (Phi) is 5.62. The van der Waals surface area contributed by atoms with Crippen molar-refractivity contribution in [2.24, 2.45) is 0 Å². The summed E-state index contributed by atoms with van der Waals surface area (Å²) in [6.45, 7) is 5.41. The minimum Gasteiger partial charge on any atom is -0.481 e. The van der Waals surface area contributed by atoms with Crippen LogP contribution in [-0.4, -0.2) is 23.2 Å². The molecule has 5 heteroatoms. The van der Waals surface area contributed by atoms with Crippen molar-refractivity contribution in [3.8, 4) is 5.75 Å². The lowest BCUT2D eigenvalue weighted by molar-refractivity contribution is -0.127. The third-order valence-electron chi connectivity index (χ3n) is 2.30. The Hall–Kier alpha value is -1.07. The smallest absolute Gasteiger partial charge is 0.260 e. The summed E-state index contributed by atoms with van der Waals surface area (Å²) in [5, 5.41) is 11.9. The second-order valence-electron chi connectivity index (χ2n) is 4.33. The minimum atomic E-state index is -0.569. The Bertz CT molecular complexity index is 421. The van der Waals surface area contributed by atoms with Gasteiger partial charge in [0.05, 0.1) is 6.61 Å². The van der Waals surface area contributed by atoms with E-state index in [4.69, 9.17) is 9.84 Å². The van der Waals surface area contributed by atoms with Gasteiger partial charge in [0, 0.05) is 10.5 Å². The molecule has 0 radical (unpaired) electrons. The molecule has 0 fully saturated rings. The van der Waals surface area contributed by atoms with Crippen LogP contribution in [0.15, 0.2) is 22.7 Å². The van der Waals surface area contributed by atoms with Gasteiger partial charge in [-0.15, -0.1) is 0 Å². The van der Waals surface area contributed by atoms with Crippen LogP contribution in [0.5, 0.6) is 5.75 Å². The number of amides is 1. The number of benzene rings is 1. The number of rotatable bonds is 5. The molecule has 1 unspecified atom stereocenters. The summed E-state index contributed by atoms with van der Waals surface area (Å²) < 4.78 is 6.35. The summed E-state index contributed by atoms with van der Waals surface area (Å²) in [5.41, 5.74) is 0.726. The standard InChI is InChI=1S/C13H18BrNO3/c1-8(2)15-13(17)9(3)18-11-4-5-12(14)10(6-11)7-16/h4-6,8-9,16H,7H2,1-3H3,(H,15,17). The van der Waals surface area contributed by atoms with Crippen molar-refractivity contribution >= 4 is 21.8 Å². The van der Waals surface area contributed by atoms with Crippen LogP contribution in [0.1, 0.15) is 26.3 Å². The first-order valence-corrected chi connectivity index (χ1v) is 6.59. The van der Waals surface area contributed by atoms with Gasteiger partial charge in [-0.25, -0.2) is 0 Å². The number of aliphatic hydroxyl groups excluding tert-OH is 1. The normalized spacial score (nSPS) is 12.3. The third-order valence-corrected chi connectivity index (χ3v) is 3.07. The molecule has 0 aliphatic carbocycles. The summed E-state index contributed by atoms with van der Waals surface area (Å²) in [7, 11) is 0. The summed E-state index contributed by atoms with van der Waals surface area (Å²) in [4.78, 5) is 11.7. The molecule has 0 bridgehead atoms. The summed E-state index contributed by atoms with van der Waals surface area (Å²) >= 11 is 3.32. The number of halogens is 1. The maximum atomic E-state index is 11.7. The molecular formula is C13H18BrNO3. The van der Waals surface area contributed by atoms with Crippen LogP contribution < -0.4 is 10.1 Å². The van der Waals surface area contributed by atoms with Crippen LogP contribution in [0.2, 0.25) is 0 Å².